The van der Waals surface area contributed by atoms with Gasteiger partial charge in [-0.05, 0) is 41.7 Å². The highest BCUT2D eigenvalue weighted by molar-refractivity contribution is 5.94. The molecule has 0 radical (unpaired) electrons. The molecule has 2 N–H and O–H groups in total. The van der Waals surface area contributed by atoms with Crippen LogP contribution in [0.15, 0.2) is 54.6 Å². The van der Waals surface area contributed by atoms with Gasteiger partial charge in [-0.3, -0.25) is 4.79 Å². The Labute approximate surface area is 135 Å². The molecular weight excluding hydrogens is 288 g/mol. The second-order valence-corrected chi connectivity index (χ2v) is 6.28. The molecule has 1 heterocycles. The zero-order chi connectivity index (χ0) is 15.6. The van der Waals surface area contributed by atoms with Gasteiger partial charge >= 0.3 is 0 Å². The van der Waals surface area contributed by atoms with Gasteiger partial charge < -0.3 is 15.4 Å². The molecule has 0 spiro atoms. The molecule has 2 aromatic rings. The number of hydrogen-bond acceptors (Lipinski definition) is 3. The van der Waals surface area contributed by atoms with Crippen molar-refractivity contribution in [3.05, 3.63) is 65.7 Å². The number of carbonyl (C=O) groups is 1. The number of ether oxygens (including phenoxy) is 1. The highest BCUT2D eigenvalue weighted by atomic mass is 16.5. The van der Waals surface area contributed by atoms with Crippen molar-refractivity contribution in [2.24, 2.45) is 11.8 Å². The number of nitrogens with one attached hydrogen (secondary N) is 2. The lowest BCUT2D eigenvalue weighted by Gasteiger charge is -2.09. The maximum Gasteiger partial charge on any atom is 0.251 e. The summed E-state index contributed by atoms with van der Waals surface area (Å²) in [6, 6.07) is 17.8. The standard InChI is InChI=1S/C19H20N2O2/c22-19(21-18-16-10-20-11-17(16)18)14-6-8-15(9-7-14)23-12-13-4-2-1-3-5-13/h1-9,16-18,20H,10-12H2,(H,21,22). The van der Waals surface area contributed by atoms with Crippen LogP contribution in [-0.2, 0) is 6.61 Å². The number of amides is 1. The predicted octanol–water partition coefficient (Wildman–Crippen LogP) is 2.21. The molecule has 0 aromatic heterocycles. The van der Waals surface area contributed by atoms with Gasteiger partial charge in [0.25, 0.3) is 5.91 Å². The van der Waals surface area contributed by atoms with Crippen LogP contribution in [0.5, 0.6) is 5.75 Å². The average molecular weight is 308 g/mol. The first kappa shape index (κ1) is 14.3. The van der Waals surface area contributed by atoms with Crippen LogP contribution in [0, 0.1) is 11.8 Å². The van der Waals surface area contributed by atoms with E-state index in [0.717, 1.165) is 24.4 Å². The minimum atomic E-state index is 0.0130. The lowest BCUT2D eigenvalue weighted by molar-refractivity contribution is 0.0946. The highest BCUT2D eigenvalue weighted by Gasteiger charge is 2.53. The summed E-state index contributed by atoms with van der Waals surface area (Å²) in [6.07, 6.45) is 0. The maximum absolute atomic E-state index is 12.2. The van der Waals surface area contributed by atoms with Crippen LogP contribution in [0.1, 0.15) is 15.9 Å². The second-order valence-electron chi connectivity index (χ2n) is 6.28. The Morgan fingerprint density at radius 1 is 1.04 bits per heavy atom. The predicted molar refractivity (Wildman–Crippen MR) is 88.3 cm³/mol. The largest absolute Gasteiger partial charge is 0.489 e. The van der Waals surface area contributed by atoms with E-state index >= 15 is 0 Å². The first-order valence-electron chi connectivity index (χ1n) is 8.09. The number of rotatable bonds is 5. The summed E-state index contributed by atoms with van der Waals surface area (Å²) >= 11 is 0. The monoisotopic (exact) mass is 308 g/mol. The number of carbonyl (C=O) groups excluding carboxylic acids is 1. The van der Waals surface area contributed by atoms with Crippen molar-refractivity contribution in [2.75, 3.05) is 13.1 Å². The van der Waals surface area contributed by atoms with Crippen LogP contribution in [-0.4, -0.2) is 25.0 Å². The fourth-order valence-electron chi connectivity index (χ4n) is 3.31. The zero-order valence-electron chi connectivity index (χ0n) is 12.9. The molecule has 0 bridgehead atoms. The van der Waals surface area contributed by atoms with Gasteiger partial charge in [-0.15, -0.1) is 0 Å². The van der Waals surface area contributed by atoms with Gasteiger partial charge in [0.1, 0.15) is 12.4 Å². The molecule has 1 saturated carbocycles. The van der Waals surface area contributed by atoms with Crippen molar-refractivity contribution in [1.29, 1.82) is 0 Å². The number of benzene rings is 2. The number of piperidine rings is 1. The van der Waals surface area contributed by atoms with Crippen LogP contribution in [0.3, 0.4) is 0 Å². The third-order valence-electron chi connectivity index (χ3n) is 4.75. The fraction of sp³-hybridized carbons (Fsp3) is 0.316. The Kier molecular flexibility index (Phi) is 3.75. The molecule has 2 unspecified atom stereocenters. The lowest BCUT2D eigenvalue weighted by atomic mass is 10.2. The van der Waals surface area contributed by atoms with E-state index in [1.165, 1.54) is 0 Å². The first-order valence-corrected chi connectivity index (χ1v) is 8.09. The Balaban J connectivity index is 1.31. The van der Waals surface area contributed by atoms with Crippen LogP contribution in [0.2, 0.25) is 0 Å². The van der Waals surface area contributed by atoms with Gasteiger partial charge in [-0.25, -0.2) is 0 Å². The van der Waals surface area contributed by atoms with E-state index in [0.29, 0.717) is 30.0 Å². The molecular formula is C19H20N2O2. The summed E-state index contributed by atoms with van der Waals surface area (Å²) in [5.41, 5.74) is 1.82. The SMILES string of the molecule is O=C(NC1C2CNCC21)c1ccc(OCc2ccccc2)cc1. The van der Waals surface area contributed by atoms with Crippen LogP contribution in [0.25, 0.3) is 0 Å². The van der Waals surface area contributed by atoms with Gasteiger partial charge in [0.05, 0.1) is 0 Å². The van der Waals surface area contributed by atoms with Crippen LogP contribution >= 0.6 is 0 Å². The number of hydrogen-bond donors (Lipinski definition) is 2. The van der Waals surface area contributed by atoms with Crippen molar-refractivity contribution in [1.82, 2.24) is 10.6 Å². The van der Waals surface area contributed by atoms with E-state index < -0.39 is 0 Å². The van der Waals surface area contributed by atoms with E-state index in [1.54, 1.807) is 0 Å². The van der Waals surface area contributed by atoms with Crippen molar-refractivity contribution in [3.8, 4) is 5.75 Å². The van der Waals surface area contributed by atoms with Crippen molar-refractivity contribution < 1.29 is 9.53 Å². The summed E-state index contributed by atoms with van der Waals surface area (Å²) in [6.45, 7) is 2.59. The molecule has 1 amide bonds. The Morgan fingerprint density at radius 2 is 1.74 bits per heavy atom. The van der Waals surface area contributed by atoms with Gasteiger partial charge in [0.2, 0.25) is 0 Å². The highest BCUT2D eigenvalue weighted by Crippen LogP contribution is 2.41. The Bertz CT molecular complexity index is 674. The first-order chi connectivity index (χ1) is 11.3. The van der Waals surface area contributed by atoms with Crippen molar-refractivity contribution in [3.63, 3.8) is 0 Å². The summed E-state index contributed by atoms with van der Waals surface area (Å²) < 4.78 is 5.74. The topological polar surface area (TPSA) is 50.4 Å². The smallest absolute Gasteiger partial charge is 0.251 e. The van der Waals surface area contributed by atoms with Crippen LogP contribution in [0.4, 0.5) is 0 Å². The van der Waals surface area contributed by atoms with Gasteiger partial charge in [-0.1, -0.05) is 30.3 Å². The quantitative estimate of drug-likeness (QED) is 0.890. The molecule has 4 nitrogen and oxygen atoms in total. The van der Waals surface area contributed by atoms with Crippen molar-refractivity contribution in [2.45, 2.75) is 12.6 Å². The fourth-order valence-corrected chi connectivity index (χ4v) is 3.31. The molecule has 4 heteroatoms. The maximum atomic E-state index is 12.2. The van der Waals surface area contributed by atoms with Crippen molar-refractivity contribution >= 4 is 5.91 Å². The summed E-state index contributed by atoms with van der Waals surface area (Å²) in [5, 5.41) is 6.46. The summed E-state index contributed by atoms with van der Waals surface area (Å²) in [5.74, 6) is 2.05. The van der Waals surface area contributed by atoms with E-state index in [1.807, 2.05) is 54.6 Å². The van der Waals surface area contributed by atoms with Gasteiger partial charge in [0, 0.05) is 24.7 Å². The summed E-state index contributed by atoms with van der Waals surface area (Å²) in [7, 11) is 0. The molecule has 1 aliphatic heterocycles. The Morgan fingerprint density at radius 3 is 2.43 bits per heavy atom. The second kappa shape index (κ2) is 6.05. The summed E-state index contributed by atoms with van der Waals surface area (Å²) in [4.78, 5) is 12.2. The third kappa shape index (κ3) is 3.08. The molecule has 23 heavy (non-hydrogen) atoms. The van der Waals surface area contributed by atoms with E-state index in [4.69, 9.17) is 4.74 Å². The molecule has 4 rings (SSSR count). The zero-order valence-corrected chi connectivity index (χ0v) is 12.9. The minimum absolute atomic E-state index is 0.0130. The molecule has 2 fully saturated rings. The molecule has 2 aliphatic rings. The Hall–Kier alpha value is -2.33. The third-order valence-corrected chi connectivity index (χ3v) is 4.75. The molecule has 2 atom stereocenters. The minimum Gasteiger partial charge on any atom is -0.489 e. The van der Waals surface area contributed by atoms with Gasteiger partial charge in [-0.2, -0.15) is 0 Å². The van der Waals surface area contributed by atoms with E-state index in [2.05, 4.69) is 10.6 Å². The molecule has 1 aliphatic carbocycles. The van der Waals surface area contributed by atoms with Gasteiger partial charge in [0.15, 0.2) is 0 Å². The average Bonchev–Trinajstić information content (AvgIpc) is 3.03. The van der Waals surface area contributed by atoms with E-state index in [-0.39, 0.29) is 5.91 Å². The van der Waals surface area contributed by atoms with E-state index in [9.17, 15) is 4.79 Å². The normalized spacial score (nSPS) is 24.8. The number of fused-ring (bicyclic) bond motifs is 1. The molecule has 2 aromatic carbocycles. The molecule has 118 valence electrons. The molecule has 1 saturated heterocycles. The van der Waals surface area contributed by atoms with Crippen LogP contribution < -0.4 is 15.4 Å². The lowest BCUT2D eigenvalue weighted by Crippen LogP contribution is -2.32.